The molecule has 0 spiro atoms. The second-order valence-electron chi connectivity index (χ2n) is 5.76. The zero-order chi connectivity index (χ0) is 18.6. The number of fused-ring (bicyclic) bond motifs is 1. The molecule has 0 radical (unpaired) electrons. The van der Waals surface area contributed by atoms with Crippen molar-refractivity contribution in [3.63, 3.8) is 0 Å². The minimum absolute atomic E-state index is 0.00952. The molecule has 1 fully saturated rings. The number of nitrogen functional groups attached to an aromatic ring is 1. The van der Waals surface area contributed by atoms with Crippen LogP contribution in [0, 0.1) is 0 Å². The average Bonchev–Trinajstić information content (AvgIpc) is 2.97. The van der Waals surface area contributed by atoms with Crippen LogP contribution in [0.3, 0.4) is 0 Å². The molecular formula is C11H16N5O8P. The fourth-order valence-corrected chi connectivity index (χ4v) is 3.00. The fraction of sp³-hybridized carbons (Fsp3) is 0.545. The highest BCUT2D eigenvalue weighted by Crippen LogP contribution is 2.42. The number of aliphatic hydroxyl groups excluding tert-OH is 1. The van der Waals surface area contributed by atoms with Gasteiger partial charge < -0.3 is 30.5 Å². The maximum Gasteiger partial charge on any atom is 0.469 e. The van der Waals surface area contributed by atoms with E-state index in [1.54, 1.807) is 0 Å². The number of aromatic nitrogens is 4. The zero-order valence-corrected chi connectivity index (χ0v) is 13.7. The van der Waals surface area contributed by atoms with E-state index in [-0.39, 0.29) is 17.1 Å². The largest absolute Gasteiger partial charge is 0.469 e. The van der Waals surface area contributed by atoms with Gasteiger partial charge in [-0.2, -0.15) is 4.98 Å². The number of rotatable bonds is 4. The van der Waals surface area contributed by atoms with Gasteiger partial charge in [-0.05, 0) is 6.92 Å². The maximum atomic E-state index is 11.8. The van der Waals surface area contributed by atoms with Gasteiger partial charge in [0.05, 0.1) is 12.9 Å². The van der Waals surface area contributed by atoms with Crippen molar-refractivity contribution in [3.05, 3.63) is 16.7 Å². The topological polar surface area (TPSA) is 206 Å². The lowest BCUT2D eigenvalue weighted by Gasteiger charge is -2.27. The molecule has 1 aliphatic heterocycles. The van der Waals surface area contributed by atoms with Crippen molar-refractivity contribution in [2.24, 2.45) is 0 Å². The molecule has 0 saturated carbocycles. The van der Waals surface area contributed by atoms with Gasteiger partial charge >= 0.3 is 7.82 Å². The number of imidazole rings is 1. The number of hydrogen-bond donors (Lipinski definition) is 6. The molecule has 4 atom stereocenters. The van der Waals surface area contributed by atoms with Crippen LogP contribution < -0.4 is 11.3 Å². The van der Waals surface area contributed by atoms with Crippen molar-refractivity contribution in [1.29, 1.82) is 0 Å². The van der Waals surface area contributed by atoms with Crippen molar-refractivity contribution in [2.45, 2.75) is 31.0 Å². The molecule has 3 heterocycles. The highest BCUT2D eigenvalue weighted by molar-refractivity contribution is 7.46. The summed E-state index contributed by atoms with van der Waals surface area (Å²) in [5.74, 6) is -0.182. The number of ether oxygens (including phenoxy) is 1. The third-order valence-corrected chi connectivity index (χ3v) is 4.35. The van der Waals surface area contributed by atoms with Crippen LogP contribution in [-0.4, -0.2) is 63.9 Å². The Balaban J connectivity index is 1.97. The lowest BCUT2D eigenvalue weighted by atomic mass is 9.96. The fourth-order valence-electron chi connectivity index (χ4n) is 2.66. The molecule has 1 aliphatic rings. The summed E-state index contributed by atoms with van der Waals surface area (Å²) in [7, 11) is -4.78. The van der Waals surface area contributed by atoms with Gasteiger partial charge in [0.1, 0.15) is 17.8 Å². The Bertz CT molecular complexity index is 903. The molecule has 1 unspecified atom stereocenters. The maximum absolute atomic E-state index is 11.8. The lowest BCUT2D eigenvalue weighted by Crippen LogP contribution is -2.44. The van der Waals surface area contributed by atoms with E-state index in [4.69, 9.17) is 20.3 Å². The van der Waals surface area contributed by atoms with Crippen molar-refractivity contribution < 1.29 is 33.8 Å². The van der Waals surface area contributed by atoms with E-state index in [1.165, 1.54) is 17.8 Å². The summed E-state index contributed by atoms with van der Waals surface area (Å²) >= 11 is 0. The van der Waals surface area contributed by atoms with Crippen molar-refractivity contribution in [2.75, 3.05) is 12.3 Å². The van der Waals surface area contributed by atoms with Crippen molar-refractivity contribution in [1.82, 2.24) is 19.5 Å². The average molecular weight is 377 g/mol. The number of nitrogens with one attached hydrogen (secondary N) is 1. The predicted molar refractivity (Wildman–Crippen MR) is 81.1 cm³/mol. The van der Waals surface area contributed by atoms with Gasteiger partial charge in [-0.25, -0.2) is 9.55 Å². The number of H-pyrrole nitrogens is 1. The second-order valence-corrected chi connectivity index (χ2v) is 7.00. The number of hydrogen-bond acceptors (Lipinski definition) is 9. The molecule has 13 nitrogen and oxygen atoms in total. The molecule has 138 valence electrons. The van der Waals surface area contributed by atoms with E-state index in [2.05, 4.69) is 19.5 Å². The minimum atomic E-state index is -4.78. The molecular weight excluding hydrogens is 361 g/mol. The quantitative estimate of drug-likeness (QED) is 0.316. The Morgan fingerprint density at radius 1 is 1.56 bits per heavy atom. The Hall–Kier alpha value is -1.86. The van der Waals surface area contributed by atoms with E-state index in [1.807, 2.05) is 0 Å². The number of anilines is 1. The van der Waals surface area contributed by atoms with Gasteiger partial charge in [0.25, 0.3) is 5.56 Å². The molecule has 0 aromatic carbocycles. The Morgan fingerprint density at radius 2 is 2.24 bits per heavy atom. The predicted octanol–water partition coefficient (Wildman–Crippen LogP) is -2.18. The molecule has 25 heavy (non-hydrogen) atoms. The van der Waals surface area contributed by atoms with Crippen LogP contribution in [0.2, 0.25) is 0 Å². The molecule has 2 aromatic heterocycles. The third kappa shape index (κ3) is 3.18. The molecule has 7 N–H and O–H groups in total. The third-order valence-electron chi connectivity index (χ3n) is 3.86. The summed E-state index contributed by atoms with van der Waals surface area (Å²) in [6, 6.07) is 0. The molecule has 3 rings (SSSR count). The standard InChI is InChI=1S/C11H16N5O8P/c1-11(19)6(17)4(2-23-25(20,21)22)24-9(11)16-3-13-5-7(16)14-10(12)15-8(5)18/h3-4,6,9,17,19H,2H2,1H3,(H2,20,21,22)(H3,12,14,15,18)/t4?,6-,9-,11-/m1/s1. The molecule has 14 heteroatoms. The monoisotopic (exact) mass is 377 g/mol. The first-order chi connectivity index (χ1) is 11.5. The molecule has 1 saturated heterocycles. The molecule has 0 aliphatic carbocycles. The van der Waals surface area contributed by atoms with Gasteiger partial charge in [-0.1, -0.05) is 0 Å². The summed E-state index contributed by atoms with van der Waals surface area (Å²) in [6.45, 7) is 0.586. The van der Waals surface area contributed by atoms with E-state index >= 15 is 0 Å². The Labute approximate surface area is 139 Å². The summed E-state index contributed by atoms with van der Waals surface area (Å²) in [6.07, 6.45) is -2.87. The second kappa shape index (κ2) is 5.85. The van der Waals surface area contributed by atoms with E-state index in [0.29, 0.717) is 0 Å². The van der Waals surface area contributed by atoms with Gasteiger partial charge in [-0.3, -0.25) is 18.9 Å². The normalized spacial score (nSPS) is 30.2. The molecule has 2 aromatic rings. The van der Waals surface area contributed by atoms with E-state index in [9.17, 15) is 19.6 Å². The zero-order valence-electron chi connectivity index (χ0n) is 12.8. The van der Waals surface area contributed by atoms with Crippen LogP contribution in [0.25, 0.3) is 11.2 Å². The lowest BCUT2D eigenvalue weighted by molar-refractivity contribution is -0.0949. The first-order valence-corrected chi connectivity index (χ1v) is 8.52. The highest BCUT2D eigenvalue weighted by atomic mass is 31.2. The van der Waals surface area contributed by atoms with Gasteiger partial charge in [-0.15, -0.1) is 0 Å². The van der Waals surface area contributed by atoms with Gasteiger partial charge in [0.15, 0.2) is 17.4 Å². The first kappa shape index (κ1) is 17.9. The van der Waals surface area contributed by atoms with Gasteiger partial charge in [0, 0.05) is 0 Å². The van der Waals surface area contributed by atoms with Crippen LogP contribution >= 0.6 is 7.82 Å². The Kier molecular flexibility index (Phi) is 4.20. The summed E-state index contributed by atoms with van der Waals surface area (Å²) < 4.78 is 21.8. The SMILES string of the molecule is C[C@@]1(O)[C@H](O)C(COP(=O)(O)O)O[C@H]1n1cnc2c(=O)[nH]c(N)nc21. The number of nitrogens with zero attached hydrogens (tertiary/aromatic N) is 3. The highest BCUT2D eigenvalue weighted by Gasteiger charge is 2.54. The van der Waals surface area contributed by atoms with Crippen molar-refractivity contribution >= 4 is 24.9 Å². The number of phosphoric acid groups is 1. The van der Waals surface area contributed by atoms with Crippen LogP contribution in [-0.2, 0) is 13.8 Å². The van der Waals surface area contributed by atoms with Gasteiger partial charge in [0.2, 0.25) is 5.95 Å². The number of aromatic amines is 1. The summed E-state index contributed by atoms with van der Waals surface area (Å²) in [4.78, 5) is 39.4. The van der Waals surface area contributed by atoms with E-state index < -0.39 is 44.0 Å². The summed E-state index contributed by atoms with van der Waals surface area (Å²) in [5, 5.41) is 20.8. The van der Waals surface area contributed by atoms with Crippen LogP contribution in [0.15, 0.2) is 11.1 Å². The Morgan fingerprint density at radius 3 is 2.88 bits per heavy atom. The van der Waals surface area contributed by atoms with Crippen molar-refractivity contribution in [3.8, 4) is 0 Å². The van der Waals surface area contributed by atoms with Crippen LogP contribution in [0.4, 0.5) is 5.95 Å². The van der Waals surface area contributed by atoms with Crippen LogP contribution in [0.5, 0.6) is 0 Å². The number of aliphatic hydroxyl groups is 2. The van der Waals surface area contributed by atoms with Crippen LogP contribution in [0.1, 0.15) is 13.2 Å². The smallest absolute Gasteiger partial charge is 0.387 e. The first-order valence-electron chi connectivity index (χ1n) is 6.99. The molecule has 0 bridgehead atoms. The molecule has 0 amide bonds. The number of phosphoric ester groups is 1. The summed E-state index contributed by atoms with van der Waals surface area (Å²) in [5.41, 5.74) is 2.96. The van der Waals surface area contributed by atoms with E-state index in [0.717, 1.165) is 0 Å². The number of nitrogens with two attached hydrogens (primary N) is 1. The minimum Gasteiger partial charge on any atom is -0.387 e.